The standard InChI is InChI=1S/C11H20O5/c1-6(2)3-7(13)4-8-10(14)11(15)9(5-12)16-8/h6,8-12,14-15H,3-5H2,1-2H3/t8-,9+,10-,11+/m0/s1. The predicted molar refractivity (Wildman–Crippen MR) is 56.8 cm³/mol. The molecule has 1 aliphatic rings. The molecule has 0 aromatic carbocycles. The smallest absolute Gasteiger partial charge is 0.135 e. The van der Waals surface area contributed by atoms with Crippen LogP contribution in [0.1, 0.15) is 26.7 Å². The topological polar surface area (TPSA) is 87.0 Å². The van der Waals surface area contributed by atoms with Gasteiger partial charge in [0.15, 0.2) is 0 Å². The molecule has 4 atom stereocenters. The van der Waals surface area contributed by atoms with Crippen LogP contribution in [0.5, 0.6) is 0 Å². The van der Waals surface area contributed by atoms with E-state index in [4.69, 9.17) is 9.84 Å². The molecular formula is C11H20O5. The van der Waals surface area contributed by atoms with Gasteiger partial charge in [0.1, 0.15) is 24.1 Å². The third-order valence-electron chi connectivity index (χ3n) is 2.71. The number of hydrogen-bond acceptors (Lipinski definition) is 5. The van der Waals surface area contributed by atoms with E-state index < -0.39 is 24.4 Å². The van der Waals surface area contributed by atoms with Gasteiger partial charge < -0.3 is 20.1 Å². The zero-order valence-electron chi connectivity index (χ0n) is 9.67. The molecule has 0 aromatic heterocycles. The fourth-order valence-electron chi connectivity index (χ4n) is 1.91. The predicted octanol–water partition coefficient (Wildman–Crippen LogP) is -0.527. The number of Topliss-reactive ketones (excluding diaryl/α,β-unsaturated/α-hetero) is 1. The molecule has 94 valence electrons. The Hall–Kier alpha value is -0.490. The normalized spacial score (nSPS) is 34.6. The van der Waals surface area contributed by atoms with Gasteiger partial charge in [-0.25, -0.2) is 0 Å². The lowest BCUT2D eigenvalue weighted by molar-refractivity contribution is -0.124. The van der Waals surface area contributed by atoms with Crippen molar-refractivity contribution in [1.29, 1.82) is 0 Å². The molecule has 1 aliphatic heterocycles. The molecule has 0 aliphatic carbocycles. The van der Waals surface area contributed by atoms with E-state index in [1.807, 2.05) is 13.8 Å². The van der Waals surface area contributed by atoms with Crippen LogP contribution in [0.25, 0.3) is 0 Å². The van der Waals surface area contributed by atoms with Gasteiger partial charge in [-0.05, 0) is 5.92 Å². The summed E-state index contributed by atoms with van der Waals surface area (Å²) in [7, 11) is 0. The highest BCUT2D eigenvalue weighted by molar-refractivity contribution is 5.79. The van der Waals surface area contributed by atoms with Crippen LogP contribution in [0.4, 0.5) is 0 Å². The first-order valence-corrected chi connectivity index (χ1v) is 5.59. The average Bonchev–Trinajstić information content (AvgIpc) is 2.44. The van der Waals surface area contributed by atoms with E-state index in [-0.39, 0.29) is 24.7 Å². The minimum Gasteiger partial charge on any atom is -0.394 e. The first kappa shape index (κ1) is 13.6. The second kappa shape index (κ2) is 5.72. The zero-order valence-corrected chi connectivity index (χ0v) is 9.67. The van der Waals surface area contributed by atoms with E-state index in [0.29, 0.717) is 6.42 Å². The summed E-state index contributed by atoms with van der Waals surface area (Å²) in [5.41, 5.74) is 0. The minimum absolute atomic E-state index is 0.00448. The number of rotatable bonds is 5. The molecule has 1 saturated heterocycles. The Labute approximate surface area is 95.0 Å². The summed E-state index contributed by atoms with van der Waals surface area (Å²) in [6, 6.07) is 0. The van der Waals surface area contributed by atoms with Crippen molar-refractivity contribution in [3.63, 3.8) is 0 Å². The maximum atomic E-state index is 11.5. The van der Waals surface area contributed by atoms with Gasteiger partial charge in [-0.1, -0.05) is 13.8 Å². The lowest BCUT2D eigenvalue weighted by Gasteiger charge is -2.14. The number of aliphatic hydroxyl groups excluding tert-OH is 3. The van der Waals surface area contributed by atoms with E-state index in [0.717, 1.165) is 0 Å². The van der Waals surface area contributed by atoms with Crippen LogP contribution in [-0.4, -0.2) is 52.1 Å². The first-order valence-electron chi connectivity index (χ1n) is 5.59. The molecule has 0 unspecified atom stereocenters. The molecular weight excluding hydrogens is 212 g/mol. The number of aliphatic hydroxyl groups is 3. The van der Waals surface area contributed by atoms with Gasteiger partial charge >= 0.3 is 0 Å². The van der Waals surface area contributed by atoms with Crippen molar-refractivity contribution in [2.75, 3.05) is 6.61 Å². The van der Waals surface area contributed by atoms with Crippen LogP contribution in [0, 0.1) is 5.92 Å². The van der Waals surface area contributed by atoms with E-state index >= 15 is 0 Å². The van der Waals surface area contributed by atoms with Crippen LogP contribution >= 0.6 is 0 Å². The Bertz CT molecular complexity index is 241. The first-order chi connectivity index (χ1) is 7.45. The van der Waals surface area contributed by atoms with Crippen molar-refractivity contribution in [2.45, 2.75) is 51.1 Å². The highest BCUT2D eigenvalue weighted by atomic mass is 16.6. The summed E-state index contributed by atoms with van der Waals surface area (Å²) < 4.78 is 5.22. The fraction of sp³-hybridized carbons (Fsp3) is 0.909. The van der Waals surface area contributed by atoms with Gasteiger partial charge in [0, 0.05) is 12.8 Å². The Morgan fingerprint density at radius 2 is 1.81 bits per heavy atom. The largest absolute Gasteiger partial charge is 0.394 e. The fourth-order valence-corrected chi connectivity index (χ4v) is 1.91. The van der Waals surface area contributed by atoms with E-state index in [9.17, 15) is 15.0 Å². The summed E-state index contributed by atoms with van der Waals surface area (Å²) in [5.74, 6) is 0.273. The van der Waals surface area contributed by atoms with Gasteiger partial charge in [0.25, 0.3) is 0 Å². The summed E-state index contributed by atoms with van der Waals surface area (Å²) in [5, 5.41) is 28.0. The highest BCUT2D eigenvalue weighted by Crippen LogP contribution is 2.24. The number of ether oxygens (including phenoxy) is 1. The van der Waals surface area contributed by atoms with Crippen molar-refractivity contribution in [3.8, 4) is 0 Å². The van der Waals surface area contributed by atoms with E-state index in [1.54, 1.807) is 0 Å². The van der Waals surface area contributed by atoms with E-state index in [2.05, 4.69) is 0 Å². The van der Waals surface area contributed by atoms with Gasteiger partial charge in [-0.3, -0.25) is 4.79 Å². The maximum absolute atomic E-state index is 11.5. The SMILES string of the molecule is CC(C)CC(=O)C[C@@H]1O[C@H](CO)[C@@H](O)[C@H]1O. The Morgan fingerprint density at radius 1 is 1.25 bits per heavy atom. The van der Waals surface area contributed by atoms with Gasteiger partial charge in [0.05, 0.1) is 12.7 Å². The molecule has 1 rings (SSSR count). The van der Waals surface area contributed by atoms with Crippen LogP contribution in [0.3, 0.4) is 0 Å². The monoisotopic (exact) mass is 232 g/mol. The lowest BCUT2D eigenvalue weighted by Crippen LogP contribution is -2.34. The molecule has 0 amide bonds. The Balaban J connectivity index is 2.47. The molecule has 5 heteroatoms. The van der Waals surface area contributed by atoms with Crippen LogP contribution in [0.2, 0.25) is 0 Å². The van der Waals surface area contributed by atoms with Crippen molar-refractivity contribution in [2.24, 2.45) is 5.92 Å². The number of carbonyl (C=O) groups is 1. The molecule has 0 aromatic rings. The number of ketones is 1. The van der Waals surface area contributed by atoms with Gasteiger partial charge in [-0.2, -0.15) is 0 Å². The van der Waals surface area contributed by atoms with Crippen LogP contribution < -0.4 is 0 Å². The summed E-state index contributed by atoms with van der Waals surface area (Å²) in [4.78, 5) is 11.5. The summed E-state index contributed by atoms with van der Waals surface area (Å²) in [6.07, 6.45) is -3.15. The Kier molecular flexibility index (Phi) is 4.86. The molecule has 1 fully saturated rings. The zero-order chi connectivity index (χ0) is 12.3. The van der Waals surface area contributed by atoms with Crippen molar-refractivity contribution in [1.82, 2.24) is 0 Å². The average molecular weight is 232 g/mol. The van der Waals surface area contributed by atoms with Gasteiger partial charge in [-0.15, -0.1) is 0 Å². The quantitative estimate of drug-likeness (QED) is 0.593. The Morgan fingerprint density at radius 3 is 2.25 bits per heavy atom. The van der Waals surface area contributed by atoms with Crippen molar-refractivity contribution < 1.29 is 24.9 Å². The second-order valence-electron chi connectivity index (χ2n) is 4.72. The highest BCUT2D eigenvalue weighted by Gasteiger charge is 2.42. The molecule has 1 heterocycles. The molecule has 0 bridgehead atoms. The summed E-state index contributed by atoms with van der Waals surface area (Å²) >= 11 is 0. The third kappa shape index (κ3) is 3.25. The summed E-state index contributed by atoms with van der Waals surface area (Å²) in [6.45, 7) is 3.53. The lowest BCUT2D eigenvalue weighted by atomic mass is 9.99. The minimum atomic E-state index is -1.11. The maximum Gasteiger partial charge on any atom is 0.135 e. The van der Waals surface area contributed by atoms with Crippen LogP contribution in [0.15, 0.2) is 0 Å². The van der Waals surface area contributed by atoms with Crippen LogP contribution in [-0.2, 0) is 9.53 Å². The molecule has 0 saturated carbocycles. The second-order valence-corrected chi connectivity index (χ2v) is 4.72. The number of hydrogen-bond donors (Lipinski definition) is 3. The molecule has 16 heavy (non-hydrogen) atoms. The van der Waals surface area contributed by atoms with Crippen molar-refractivity contribution >= 4 is 5.78 Å². The molecule has 3 N–H and O–H groups in total. The van der Waals surface area contributed by atoms with Crippen molar-refractivity contribution in [3.05, 3.63) is 0 Å². The number of carbonyl (C=O) groups excluding carboxylic acids is 1. The van der Waals surface area contributed by atoms with Gasteiger partial charge in [0.2, 0.25) is 0 Å². The molecule has 0 radical (unpaired) electrons. The molecule has 0 spiro atoms. The molecule has 5 nitrogen and oxygen atoms in total. The van der Waals surface area contributed by atoms with E-state index in [1.165, 1.54) is 0 Å². The third-order valence-corrected chi connectivity index (χ3v) is 2.71.